The smallest absolute Gasteiger partial charge is 0.384 e. The van der Waals surface area contributed by atoms with Crippen LogP contribution in [0.2, 0.25) is 0 Å². The average molecular weight is 245 g/mol. The van der Waals surface area contributed by atoms with Crippen LogP contribution in [0.4, 0.5) is 18.9 Å². The van der Waals surface area contributed by atoms with Gasteiger partial charge in [0.15, 0.2) is 0 Å². The zero-order chi connectivity index (χ0) is 12.5. The summed E-state index contributed by atoms with van der Waals surface area (Å²) in [5, 5.41) is 2.85. The Balaban J connectivity index is 2.44. The van der Waals surface area contributed by atoms with Gasteiger partial charge >= 0.3 is 6.18 Å². The van der Waals surface area contributed by atoms with Gasteiger partial charge in [-0.1, -0.05) is 12.1 Å². The lowest BCUT2D eigenvalue weighted by Crippen LogP contribution is -2.23. The standard InChI is InChI=1S/C12H14F3NO/c1-17-7-8-5-6-16-11-9(8)3-2-4-10(11)12(13,14)15/h2-4,8,16H,5-7H2,1H3. The number of fused-ring (bicyclic) bond motifs is 1. The molecule has 0 aliphatic carbocycles. The van der Waals surface area contributed by atoms with Crippen LogP contribution in [0, 0.1) is 0 Å². The molecule has 0 spiro atoms. The van der Waals surface area contributed by atoms with Gasteiger partial charge in [0.05, 0.1) is 12.2 Å². The predicted molar refractivity (Wildman–Crippen MR) is 59.2 cm³/mol. The fraction of sp³-hybridized carbons (Fsp3) is 0.500. The number of hydrogen-bond donors (Lipinski definition) is 1. The van der Waals surface area contributed by atoms with Crippen LogP contribution in [0.5, 0.6) is 0 Å². The van der Waals surface area contributed by atoms with E-state index in [2.05, 4.69) is 5.32 Å². The molecule has 0 bridgehead atoms. The maximum atomic E-state index is 12.8. The maximum Gasteiger partial charge on any atom is 0.418 e. The third-order valence-electron chi connectivity index (χ3n) is 3.00. The molecule has 0 saturated heterocycles. The Hall–Kier alpha value is -1.23. The summed E-state index contributed by atoms with van der Waals surface area (Å²) in [7, 11) is 1.56. The van der Waals surface area contributed by atoms with Crippen LogP contribution >= 0.6 is 0 Å². The second kappa shape index (κ2) is 4.56. The Bertz CT molecular complexity index is 403. The number of para-hydroxylation sites is 1. The monoisotopic (exact) mass is 245 g/mol. The van der Waals surface area contributed by atoms with E-state index in [1.807, 2.05) is 0 Å². The second-order valence-electron chi connectivity index (χ2n) is 4.14. The summed E-state index contributed by atoms with van der Waals surface area (Å²) in [6, 6.07) is 4.30. The van der Waals surface area contributed by atoms with Crippen LogP contribution in [0.25, 0.3) is 0 Å². The van der Waals surface area contributed by atoms with Gasteiger partial charge in [0.2, 0.25) is 0 Å². The Morgan fingerprint density at radius 3 is 2.82 bits per heavy atom. The van der Waals surface area contributed by atoms with Crippen LogP contribution in [-0.2, 0) is 10.9 Å². The summed E-state index contributed by atoms with van der Waals surface area (Å²) in [6.45, 7) is 1.00. The number of rotatable bonds is 2. The Morgan fingerprint density at radius 2 is 2.18 bits per heavy atom. The molecule has 1 aromatic carbocycles. The highest BCUT2D eigenvalue weighted by molar-refractivity contribution is 5.61. The Labute approximate surface area is 97.8 Å². The molecular formula is C12H14F3NO. The van der Waals surface area contributed by atoms with E-state index in [0.29, 0.717) is 18.7 Å². The first-order chi connectivity index (χ1) is 8.04. The highest BCUT2D eigenvalue weighted by Crippen LogP contribution is 2.41. The zero-order valence-corrected chi connectivity index (χ0v) is 9.47. The molecule has 1 aliphatic heterocycles. The predicted octanol–water partition coefficient (Wildman–Crippen LogP) is 3.25. The molecule has 1 aromatic rings. The van der Waals surface area contributed by atoms with Crippen molar-refractivity contribution >= 4 is 5.69 Å². The number of ether oxygens (including phenoxy) is 1. The number of nitrogens with one attached hydrogen (secondary N) is 1. The van der Waals surface area contributed by atoms with Crippen molar-refractivity contribution in [1.29, 1.82) is 0 Å². The third-order valence-corrected chi connectivity index (χ3v) is 3.00. The molecule has 17 heavy (non-hydrogen) atoms. The van der Waals surface area contributed by atoms with E-state index >= 15 is 0 Å². The van der Waals surface area contributed by atoms with E-state index in [9.17, 15) is 13.2 Å². The Kier molecular flexibility index (Phi) is 3.28. The van der Waals surface area contributed by atoms with Crippen molar-refractivity contribution in [1.82, 2.24) is 0 Å². The number of benzene rings is 1. The molecule has 1 atom stereocenters. The SMILES string of the molecule is COCC1CCNc2c1cccc2C(F)(F)F. The normalized spacial score (nSPS) is 19.6. The highest BCUT2D eigenvalue weighted by atomic mass is 19.4. The van der Waals surface area contributed by atoms with Gasteiger partial charge in [0.1, 0.15) is 0 Å². The minimum atomic E-state index is -4.31. The molecule has 0 fully saturated rings. The van der Waals surface area contributed by atoms with Gasteiger partial charge in [-0.05, 0) is 18.1 Å². The van der Waals surface area contributed by atoms with E-state index in [4.69, 9.17) is 4.74 Å². The fourth-order valence-electron chi connectivity index (χ4n) is 2.25. The van der Waals surface area contributed by atoms with Gasteiger partial charge in [-0.2, -0.15) is 13.2 Å². The van der Waals surface area contributed by atoms with Crippen molar-refractivity contribution in [2.75, 3.05) is 25.6 Å². The van der Waals surface area contributed by atoms with Crippen molar-refractivity contribution in [2.45, 2.75) is 18.5 Å². The number of hydrogen-bond acceptors (Lipinski definition) is 2. The third kappa shape index (κ3) is 2.39. The molecule has 5 heteroatoms. The summed E-state index contributed by atoms with van der Waals surface area (Å²) in [5.74, 6) is 0.0403. The molecule has 1 heterocycles. The lowest BCUT2D eigenvalue weighted by molar-refractivity contribution is -0.137. The minimum absolute atomic E-state index is 0.0403. The average Bonchev–Trinajstić information content (AvgIpc) is 2.28. The number of alkyl halides is 3. The molecule has 1 aliphatic rings. The minimum Gasteiger partial charge on any atom is -0.384 e. The van der Waals surface area contributed by atoms with Gasteiger partial charge in [0.25, 0.3) is 0 Å². The number of halogens is 3. The first-order valence-corrected chi connectivity index (χ1v) is 5.47. The van der Waals surface area contributed by atoms with Crippen LogP contribution < -0.4 is 5.32 Å². The summed E-state index contributed by atoms with van der Waals surface area (Å²) >= 11 is 0. The molecule has 0 amide bonds. The van der Waals surface area contributed by atoms with E-state index in [1.165, 1.54) is 6.07 Å². The molecule has 0 aromatic heterocycles. The molecule has 2 nitrogen and oxygen atoms in total. The van der Waals surface area contributed by atoms with E-state index < -0.39 is 11.7 Å². The van der Waals surface area contributed by atoms with Gasteiger partial charge < -0.3 is 10.1 Å². The zero-order valence-electron chi connectivity index (χ0n) is 9.47. The van der Waals surface area contributed by atoms with Gasteiger partial charge in [-0.15, -0.1) is 0 Å². The summed E-state index contributed by atoms with van der Waals surface area (Å²) in [6.07, 6.45) is -3.52. The first-order valence-electron chi connectivity index (χ1n) is 5.47. The highest BCUT2D eigenvalue weighted by Gasteiger charge is 2.36. The molecule has 1 N–H and O–H groups in total. The molecule has 94 valence electrons. The van der Waals surface area contributed by atoms with Crippen LogP contribution in [0.15, 0.2) is 18.2 Å². The van der Waals surface area contributed by atoms with Gasteiger partial charge in [-0.3, -0.25) is 0 Å². The molecule has 2 rings (SSSR count). The second-order valence-corrected chi connectivity index (χ2v) is 4.14. The molecule has 1 unspecified atom stereocenters. The number of anilines is 1. The van der Waals surface area contributed by atoms with Crippen molar-refractivity contribution in [3.8, 4) is 0 Å². The van der Waals surface area contributed by atoms with Gasteiger partial charge in [-0.25, -0.2) is 0 Å². The van der Waals surface area contributed by atoms with Crippen molar-refractivity contribution < 1.29 is 17.9 Å². The van der Waals surface area contributed by atoms with Gasteiger partial charge in [0, 0.05) is 25.3 Å². The van der Waals surface area contributed by atoms with Crippen molar-refractivity contribution in [3.05, 3.63) is 29.3 Å². The Morgan fingerprint density at radius 1 is 1.41 bits per heavy atom. The summed E-state index contributed by atoms with van der Waals surface area (Å²) in [5.41, 5.74) is 0.331. The summed E-state index contributed by atoms with van der Waals surface area (Å²) in [4.78, 5) is 0. The van der Waals surface area contributed by atoms with Crippen molar-refractivity contribution in [3.63, 3.8) is 0 Å². The van der Waals surface area contributed by atoms with E-state index in [-0.39, 0.29) is 11.6 Å². The largest absolute Gasteiger partial charge is 0.418 e. The topological polar surface area (TPSA) is 21.3 Å². The first kappa shape index (κ1) is 12.2. The lowest BCUT2D eigenvalue weighted by atomic mass is 9.89. The molecular weight excluding hydrogens is 231 g/mol. The quantitative estimate of drug-likeness (QED) is 0.863. The van der Waals surface area contributed by atoms with E-state index in [1.54, 1.807) is 13.2 Å². The van der Waals surface area contributed by atoms with Crippen LogP contribution in [0.3, 0.4) is 0 Å². The van der Waals surface area contributed by atoms with E-state index in [0.717, 1.165) is 12.5 Å². The van der Waals surface area contributed by atoms with Crippen LogP contribution in [0.1, 0.15) is 23.5 Å². The fourth-order valence-corrected chi connectivity index (χ4v) is 2.25. The van der Waals surface area contributed by atoms with Crippen molar-refractivity contribution in [2.24, 2.45) is 0 Å². The number of methoxy groups -OCH3 is 1. The molecule has 0 saturated carbocycles. The lowest BCUT2D eigenvalue weighted by Gasteiger charge is -2.28. The maximum absolute atomic E-state index is 12.8. The summed E-state index contributed by atoms with van der Waals surface area (Å²) < 4.78 is 43.5. The molecule has 0 radical (unpaired) electrons. The van der Waals surface area contributed by atoms with Crippen LogP contribution in [-0.4, -0.2) is 20.3 Å².